The molecule has 0 unspecified atom stereocenters. The Hall–Kier alpha value is -4.54. The van der Waals surface area contributed by atoms with Crippen LogP contribution in [0.3, 0.4) is 0 Å². The van der Waals surface area contributed by atoms with E-state index < -0.39 is 28.9 Å². The maximum absolute atomic E-state index is 13.9. The number of aryl methyl sites for hydroxylation is 1. The molecule has 1 aliphatic rings. The van der Waals surface area contributed by atoms with Gasteiger partial charge in [0.15, 0.2) is 0 Å². The van der Waals surface area contributed by atoms with Crippen LogP contribution in [0.4, 0.5) is 4.79 Å². The molecule has 1 saturated heterocycles. The lowest BCUT2D eigenvalue weighted by molar-refractivity contribution is -0.164. The first kappa shape index (κ1) is 29.4. The number of ether oxygens (including phenoxy) is 1. The van der Waals surface area contributed by atoms with Crippen LogP contribution in [0, 0.1) is 6.92 Å². The molecule has 216 valence electrons. The molecule has 0 radical (unpaired) electrons. The molecule has 2 aromatic carbocycles. The van der Waals surface area contributed by atoms with Gasteiger partial charge in [0, 0.05) is 19.5 Å². The number of piperidine rings is 1. The van der Waals surface area contributed by atoms with Gasteiger partial charge in [-0.05, 0) is 43.0 Å². The van der Waals surface area contributed by atoms with Gasteiger partial charge in [0.1, 0.15) is 12.4 Å². The summed E-state index contributed by atoms with van der Waals surface area (Å²) < 4.78 is 6.57. The fourth-order valence-electron chi connectivity index (χ4n) is 4.94. The lowest BCUT2D eigenvalue weighted by Crippen LogP contribution is -2.62. The maximum atomic E-state index is 13.9. The van der Waals surface area contributed by atoms with Crippen LogP contribution in [-0.2, 0) is 37.8 Å². The number of hydrogen-bond acceptors (Lipinski definition) is 7. The second kappa shape index (κ2) is 13.2. The summed E-state index contributed by atoms with van der Waals surface area (Å²) in [6, 6.07) is 13.6. The molecule has 3 aromatic rings. The predicted molar refractivity (Wildman–Crippen MR) is 152 cm³/mol. The van der Waals surface area contributed by atoms with E-state index in [-0.39, 0.29) is 43.2 Å². The highest BCUT2D eigenvalue weighted by Crippen LogP contribution is 2.30. The van der Waals surface area contributed by atoms with E-state index in [1.807, 2.05) is 6.07 Å². The van der Waals surface area contributed by atoms with Crippen molar-refractivity contribution in [2.24, 2.45) is 0 Å². The van der Waals surface area contributed by atoms with Gasteiger partial charge in [0.2, 0.25) is 11.4 Å². The van der Waals surface area contributed by atoms with Gasteiger partial charge in [-0.3, -0.25) is 24.3 Å². The lowest BCUT2D eigenvalue weighted by atomic mass is 9.87. The Morgan fingerprint density at radius 1 is 1.02 bits per heavy atom. The summed E-state index contributed by atoms with van der Waals surface area (Å²) in [5.74, 6) is -2.31. The average molecular weight is 562 g/mol. The standard InChI is InChI=1S/C30H35N5O6/c1-3-4-5-9-16-31-29(40)32-18-22-12-13-24-23(17-22)26(37)35(20(2)33-24)30(15-14-25(36)34-27(30)38)28(39)41-19-21-10-7-6-8-11-21/h6-8,10-13,17H,3-5,9,14-16,18-19H2,1-2H3,(H2,31,32,40)(H,34,36,38)/t30-/m0/s1. The van der Waals surface area contributed by atoms with Crippen molar-refractivity contribution in [2.75, 3.05) is 6.54 Å². The van der Waals surface area contributed by atoms with E-state index in [0.29, 0.717) is 23.2 Å². The minimum absolute atomic E-state index is 0.117. The molecule has 1 atom stereocenters. The first-order chi connectivity index (χ1) is 19.8. The Bertz CT molecular complexity index is 1500. The number of carbonyl (C=O) groups excluding carboxylic acids is 4. The molecular weight excluding hydrogens is 526 g/mol. The lowest BCUT2D eigenvalue weighted by Gasteiger charge is -2.35. The van der Waals surface area contributed by atoms with Crippen LogP contribution < -0.4 is 21.5 Å². The summed E-state index contributed by atoms with van der Waals surface area (Å²) in [7, 11) is 0. The number of urea groups is 1. The molecule has 41 heavy (non-hydrogen) atoms. The molecule has 1 aliphatic heterocycles. The van der Waals surface area contributed by atoms with Crippen molar-refractivity contribution in [1.82, 2.24) is 25.5 Å². The molecule has 2 heterocycles. The van der Waals surface area contributed by atoms with Crippen LogP contribution in [0.25, 0.3) is 10.9 Å². The monoisotopic (exact) mass is 561 g/mol. The number of fused-ring (bicyclic) bond motifs is 1. The van der Waals surface area contributed by atoms with E-state index in [2.05, 4.69) is 27.9 Å². The van der Waals surface area contributed by atoms with Gasteiger partial charge in [-0.2, -0.15) is 0 Å². The Balaban J connectivity index is 1.62. The summed E-state index contributed by atoms with van der Waals surface area (Å²) in [6.07, 6.45) is 3.77. The van der Waals surface area contributed by atoms with Crippen LogP contribution in [0.2, 0.25) is 0 Å². The quantitative estimate of drug-likeness (QED) is 0.141. The number of carbonyl (C=O) groups is 4. The largest absolute Gasteiger partial charge is 0.459 e. The SMILES string of the molecule is CCCCCCNC(=O)NCc1ccc2nc(C)n([C@@]3(C(=O)OCc4ccccc4)CCC(=O)NC3=O)c(=O)c2c1. The van der Waals surface area contributed by atoms with Crippen LogP contribution in [0.5, 0.6) is 0 Å². The van der Waals surface area contributed by atoms with Crippen LogP contribution >= 0.6 is 0 Å². The molecule has 11 nitrogen and oxygen atoms in total. The molecule has 0 saturated carbocycles. The topological polar surface area (TPSA) is 148 Å². The number of benzene rings is 2. The van der Waals surface area contributed by atoms with E-state index in [1.54, 1.807) is 42.5 Å². The molecule has 0 spiro atoms. The van der Waals surface area contributed by atoms with Gasteiger partial charge in [0.25, 0.3) is 11.5 Å². The summed E-state index contributed by atoms with van der Waals surface area (Å²) >= 11 is 0. The van der Waals surface area contributed by atoms with Gasteiger partial charge < -0.3 is 15.4 Å². The predicted octanol–water partition coefficient (Wildman–Crippen LogP) is 2.96. The third kappa shape index (κ3) is 6.62. The van der Waals surface area contributed by atoms with Gasteiger partial charge in [0.05, 0.1) is 10.9 Å². The number of unbranched alkanes of at least 4 members (excludes halogenated alkanes) is 3. The Kier molecular flexibility index (Phi) is 9.49. The zero-order chi connectivity index (χ0) is 29.4. The van der Waals surface area contributed by atoms with Crippen molar-refractivity contribution in [3.8, 4) is 0 Å². The van der Waals surface area contributed by atoms with Gasteiger partial charge in [-0.15, -0.1) is 0 Å². The molecule has 4 amide bonds. The molecule has 0 bridgehead atoms. The molecule has 1 aromatic heterocycles. The Morgan fingerprint density at radius 2 is 1.80 bits per heavy atom. The van der Waals surface area contributed by atoms with Crippen molar-refractivity contribution in [2.45, 2.75) is 71.1 Å². The Morgan fingerprint density at radius 3 is 2.54 bits per heavy atom. The molecule has 11 heteroatoms. The fourth-order valence-corrected chi connectivity index (χ4v) is 4.94. The molecule has 0 aliphatic carbocycles. The Labute approximate surface area is 237 Å². The number of hydrogen-bond donors (Lipinski definition) is 3. The van der Waals surface area contributed by atoms with Crippen molar-refractivity contribution >= 4 is 34.7 Å². The zero-order valence-electron chi connectivity index (χ0n) is 23.3. The second-order valence-corrected chi connectivity index (χ2v) is 10.1. The van der Waals surface area contributed by atoms with Crippen LogP contribution in [0.15, 0.2) is 53.3 Å². The number of nitrogens with one attached hydrogen (secondary N) is 3. The highest BCUT2D eigenvalue weighted by molar-refractivity contribution is 6.13. The molecular formula is C30H35N5O6. The molecule has 4 rings (SSSR count). The van der Waals surface area contributed by atoms with Gasteiger partial charge in [-0.1, -0.05) is 62.6 Å². The van der Waals surface area contributed by atoms with Crippen LogP contribution in [0.1, 0.15) is 62.4 Å². The third-order valence-corrected chi connectivity index (χ3v) is 7.14. The van der Waals surface area contributed by atoms with E-state index in [4.69, 9.17) is 4.74 Å². The first-order valence-electron chi connectivity index (χ1n) is 13.9. The first-order valence-corrected chi connectivity index (χ1v) is 13.9. The number of imide groups is 1. The minimum Gasteiger partial charge on any atom is -0.459 e. The number of esters is 1. The van der Waals surface area contributed by atoms with Crippen molar-refractivity contribution in [3.05, 3.63) is 75.8 Å². The van der Waals surface area contributed by atoms with Crippen molar-refractivity contribution in [3.63, 3.8) is 0 Å². The number of amides is 4. The average Bonchev–Trinajstić information content (AvgIpc) is 2.96. The number of rotatable bonds is 11. The summed E-state index contributed by atoms with van der Waals surface area (Å²) in [4.78, 5) is 69.6. The number of nitrogens with zero attached hydrogens (tertiary/aromatic N) is 2. The summed E-state index contributed by atoms with van der Waals surface area (Å²) in [6.45, 7) is 4.26. The van der Waals surface area contributed by atoms with E-state index >= 15 is 0 Å². The molecule has 1 fully saturated rings. The number of aromatic nitrogens is 2. The zero-order valence-corrected chi connectivity index (χ0v) is 23.3. The van der Waals surface area contributed by atoms with E-state index in [1.165, 1.54) is 6.92 Å². The smallest absolute Gasteiger partial charge is 0.342 e. The highest BCUT2D eigenvalue weighted by atomic mass is 16.5. The second-order valence-electron chi connectivity index (χ2n) is 10.1. The van der Waals surface area contributed by atoms with Gasteiger partial charge >= 0.3 is 12.0 Å². The van der Waals surface area contributed by atoms with E-state index in [0.717, 1.165) is 30.3 Å². The van der Waals surface area contributed by atoms with Crippen LogP contribution in [-0.4, -0.2) is 39.9 Å². The summed E-state index contributed by atoms with van der Waals surface area (Å²) in [5.41, 5.74) is -1.04. The normalized spacial score (nSPS) is 16.7. The van der Waals surface area contributed by atoms with Crippen molar-refractivity contribution in [1.29, 1.82) is 0 Å². The highest BCUT2D eigenvalue weighted by Gasteiger charge is 2.54. The summed E-state index contributed by atoms with van der Waals surface area (Å²) in [5, 5.41) is 7.96. The third-order valence-electron chi connectivity index (χ3n) is 7.14. The van der Waals surface area contributed by atoms with Gasteiger partial charge in [-0.25, -0.2) is 14.6 Å². The van der Waals surface area contributed by atoms with Crippen molar-refractivity contribution < 1.29 is 23.9 Å². The minimum atomic E-state index is -2.11. The fraction of sp³-hybridized carbons (Fsp3) is 0.400. The maximum Gasteiger partial charge on any atom is 0.342 e. The van der Waals surface area contributed by atoms with E-state index in [9.17, 15) is 24.0 Å². The molecule has 3 N–H and O–H groups in total.